The van der Waals surface area contributed by atoms with Gasteiger partial charge in [0.25, 0.3) is 0 Å². The molecule has 1 atom stereocenters. The number of rotatable bonds is 7. The summed E-state index contributed by atoms with van der Waals surface area (Å²) in [6.45, 7) is 9.26. The normalized spacial score (nSPS) is 16.5. The Hall–Kier alpha value is -2.15. The predicted molar refractivity (Wildman–Crippen MR) is 115 cm³/mol. The lowest BCUT2D eigenvalue weighted by atomic mass is 9.89. The van der Waals surface area contributed by atoms with Gasteiger partial charge in [-0.3, -0.25) is 0 Å². The van der Waals surface area contributed by atoms with E-state index in [4.69, 9.17) is 15.2 Å². The molecule has 1 fully saturated rings. The molecule has 0 radical (unpaired) electrons. The fraction of sp³-hybridized carbons (Fsp3) is 0.667. The van der Waals surface area contributed by atoms with Crippen LogP contribution in [0.3, 0.4) is 0 Å². The molecule has 1 aromatic carbocycles. The Labute approximate surface area is 168 Å². The Morgan fingerprint density at radius 1 is 1.29 bits per heavy atom. The van der Waals surface area contributed by atoms with Crippen molar-refractivity contribution in [2.24, 2.45) is 11.3 Å². The molecule has 4 N–H and O–H groups in total. The van der Waals surface area contributed by atoms with E-state index >= 15 is 0 Å². The highest BCUT2D eigenvalue weighted by Crippen LogP contribution is 2.30. The molecule has 0 spiro atoms. The minimum Gasteiger partial charge on any atom is -0.447 e. The van der Waals surface area contributed by atoms with E-state index in [9.17, 15) is 4.79 Å². The second-order valence-corrected chi connectivity index (χ2v) is 8.49. The Bertz CT molecular complexity index is 637. The first-order valence-corrected chi connectivity index (χ1v) is 10.0. The third kappa shape index (κ3) is 6.19. The van der Waals surface area contributed by atoms with Crippen LogP contribution in [-0.4, -0.2) is 52.6 Å². The highest BCUT2D eigenvalue weighted by atomic mass is 16.6. The van der Waals surface area contributed by atoms with Crippen molar-refractivity contribution in [3.63, 3.8) is 0 Å². The minimum atomic E-state index is -0.421. The van der Waals surface area contributed by atoms with Crippen molar-refractivity contribution in [1.82, 2.24) is 5.32 Å². The van der Waals surface area contributed by atoms with Crippen LogP contribution in [0.2, 0.25) is 0 Å². The van der Waals surface area contributed by atoms with E-state index in [0.717, 1.165) is 37.3 Å². The lowest BCUT2D eigenvalue weighted by molar-refractivity contribution is -0.0662. The molecule has 1 amide bonds. The van der Waals surface area contributed by atoms with Gasteiger partial charge in [0, 0.05) is 32.9 Å². The van der Waals surface area contributed by atoms with Gasteiger partial charge in [-0.05, 0) is 42.4 Å². The van der Waals surface area contributed by atoms with Gasteiger partial charge in [0.05, 0.1) is 24.1 Å². The van der Waals surface area contributed by atoms with Gasteiger partial charge in [-0.2, -0.15) is 0 Å². The summed E-state index contributed by atoms with van der Waals surface area (Å²) in [7, 11) is 3.45. The van der Waals surface area contributed by atoms with Crippen LogP contribution in [0.4, 0.5) is 21.9 Å². The van der Waals surface area contributed by atoms with Gasteiger partial charge in [-0.25, -0.2) is 4.79 Å². The van der Waals surface area contributed by atoms with E-state index in [-0.39, 0.29) is 18.1 Å². The number of nitrogens with two attached hydrogens (primary N) is 1. The van der Waals surface area contributed by atoms with Crippen LogP contribution in [0.1, 0.15) is 33.6 Å². The van der Waals surface area contributed by atoms with Gasteiger partial charge in [0.15, 0.2) is 0 Å². The molecule has 7 heteroatoms. The number of benzene rings is 1. The maximum Gasteiger partial charge on any atom is 0.406 e. The number of carbonyl (C=O) groups is 1. The molecule has 28 heavy (non-hydrogen) atoms. The SMILES string of the molecule is CNC(=O)OCC(OCC1CCN(c2ccc(N)c(NC)c2)CC1)C(C)(C)C. The Morgan fingerprint density at radius 3 is 2.54 bits per heavy atom. The second-order valence-electron chi connectivity index (χ2n) is 8.49. The number of piperidine rings is 1. The van der Waals surface area contributed by atoms with E-state index in [1.54, 1.807) is 7.05 Å². The quantitative estimate of drug-likeness (QED) is 0.617. The van der Waals surface area contributed by atoms with Crippen LogP contribution in [0.25, 0.3) is 0 Å². The third-order valence-electron chi connectivity index (χ3n) is 5.35. The third-order valence-corrected chi connectivity index (χ3v) is 5.35. The van der Waals surface area contributed by atoms with Crippen LogP contribution >= 0.6 is 0 Å². The molecule has 158 valence electrons. The molecular weight excluding hydrogens is 356 g/mol. The van der Waals surface area contributed by atoms with Crippen LogP contribution in [-0.2, 0) is 9.47 Å². The Balaban J connectivity index is 1.84. The number of amides is 1. The maximum atomic E-state index is 11.4. The second kappa shape index (κ2) is 9.87. The number of hydrogen-bond acceptors (Lipinski definition) is 6. The molecule has 7 nitrogen and oxygen atoms in total. The summed E-state index contributed by atoms with van der Waals surface area (Å²) in [5.74, 6) is 0.513. The monoisotopic (exact) mass is 392 g/mol. The number of anilines is 3. The highest BCUT2D eigenvalue weighted by molar-refractivity contribution is 5.72. The standard InChI is InChI=1S/C21H36N4O3/c1-21(2,3)19(14-28-20(26)24-5)27-13-15-8-10-25(11-9-15)16-6-7-17(22)18(12-16)23-4/h6-7,12,15,19,23H,8-11,13-14,22H2,1-5H3,(H,24,26). The molecule has 1 aromatic rings. The Morgan fingerprint density at radius 2 is 1.96 bits per heavy atom. The smallest absolute Gasteiger partial charge is 0.406 e. The number of ether oxygens (including phenoxy) is 2. The van der Waals surface area contributed by atoms with E-state index in [1.807, 2.05) is 13.1 Å². The van der Waals surface area contributed by atoms with E-state index in [2.05, 4.69) is 48.4 Å². The lowest BCUT2D eigenvalue weighted by Crippen LogP contribution is -2.39. The summed E-state index contributed by atoms with van der Waals surface area (Å²) in [5.41, 5.74) is 8.81. The average molecular weight is 393 g/mol. The van der Waals surface area contributed by atoms with E-state index in [0.29, 0.717) is 12.5 Å². The minimum absolute atomic E-state index is 0.0950. The first-order chi connectivity index (χ1) is 13.2. The first kappa shape index (κ1) is 22.1. The van der Waals surface area contributed by atoms with Crippen molar-refractivity contribution in [1.29, 1.82) is 0 Å². The Kier molecular flexibility index (Phi) is 7.80. The fourth-order valence-corrected chi connectivity index (χ4v) is 3.34. The molecule has 1 saturated heterocycles. The molecule has 0 aromatic heterocycles. The average Bonchev–Trinajstić information content (AvgIpc) is 2.67. The number of carbonyl (C=O) groups excluding carboxylic acids is 1. The summed E-state index contributed by atoms with van der Waals surface area (Å²) >= 11 is 0. The molecule has 1 aliphatic heterocycles. The largest absolute Gasteiger partial charge is 0.447 e. The number of nitrogen functional groups attached to an aromatic ring is 1. The van der Waals surface area contributed by atoms with Crippen LogP contribution in [0.15, 0.2) is 18.2 Å². The highest BCUT2D eigenvalue weighted by Gasteiger charge is 2.29. The van der Waals surface area contributed by atoms with Crippen molar-refractivity contribution in [2.75, 3.05) is 56.3 Å². The van der Waals surface area contributed by atoms with Gasteiger partial charge in [0.2, 0.25) is 0 Å². The van der Waals surface area contributed by atoms with Crippen molar-refractivity contribution in [3.05, 3.63) is 18.2 Å². The summed E-state index contributed by atoms with van der Waals surface area (Å²) < 4.78 is 11.4. The van der Waals surface area contributed by atoms with E-state index < -0.39 is 6.09 Å². The number of hydrogen-bond donors (Lipinski definition) is 3. The molecule has 0 aliphatic carbocycles. The van der Waals surface area contributed by atoms with E-state index in [1.165, 1.54) is 5.69 Å². The molecule has 1 aliphatic rings. The number of nitrogens with one attached hydrogen (secondary N) is 2. The maximum absolute atomic E-state index is 11.4. The fourth-order valence-electron chi connectivity index (χ4n) is 3.34. The molecule has 1 heterocycles. The summed E-state index contributed by atoms with van der Waals surface area (Å²) in [5, 5.41) is 5.62. The molecule has 0 saturated carbocycles. The summed E-state index contributed by atoms with van der Waals surface area (Å²) in [4.78, 5) is 13.8. The molecule has 0 bridgehead atoms. The van der Waals surface area contributed by atoms with Crippen molar-refractivity contribution in [3.8, 4) is 0 Å². The van der Waals surface area contributed by atoms with Crippen molar-refractivity contribution < 1.29 is 14.3 Å². The predicted octanol–water partition coefficient (Wildman–Crippen LogP) is 3.31. The zero-order chi connectivity index (χ0) is 20.7. The summed E-state index contributed by atoms with van der Waals surface area (Å²) in [6, 6.07) is 6.15. The van der Waals surface area contributed by atoms with Crippen LogP contribution in [0, 0.1) is 11.3 Å². The number of alkyl carbamates (subject to hydrolysis) is 1. The van der Waals surface area contributed by atoms with Crippen LogP contribution in [0.5, 0.6) is 0 Å². The zero-order valence-corrected chi connectivity index (χ0v) is 17.9. The molecular formula is C21H36N4O3. The lowest BCUT2D eigenvalue weighted by Gasteiger charge is -2.36. The first-order valence-electron chi connectivity index (χ1n) is 10.0. The van der Waals surface area contributed by atoms with Crippen molar-refractivity contribution in [2.45, 2.75) is 39.7 Å². The van der Waals surface area contributed by atoms with Crippen molar-refractivity contribution >= 4 is 23.2 Å². The van der Waals surface area contributed by atoms with Gasteiger partial charge >= 0.3 is 6.09 Å². The molecule has 2 rings (SSSR count). The number of nitrogens with zero attached hydrogens (tertiary/aromatic N) is 1. The van der Waals surface area contributed by atoms with Gasteiger partial charge in [-0.1, -0.05) is 20.8 Å². The van der Waals surface area contributed by atoms with Gasteiger partial charge in [0.1, 0.15) is 6.61 Å². The van der Waals surface area contributed by atoms with Gasteiger partial charge in [-0.15, -0.1) is 0 Å². The molecule has 1 unspecified atom stereocenters. The van der Waals surface area contributed by atoms with Crippen LogP contribution < -0.4 is 21.3 Å². The zero-order valence-electron chi connectivity index (χ0n) is 17.9. The topological polar surface area (TPSA) is 88.9 Å². The summed E-state index contributed by atoms with van der Waals surface area (Å²) in [6.07, 6.45) is 1.60. The van der Waals surface area contributed by atoms with Gasteiger partial charge < -0.3 is 30.7 Å².